The highest BCUT2D eigenvalue weighted by Crippen LogP contribution is 2.50. The van der Waals surface area contributed by atoms with Crippen molar-refractivity contribution in [1.82, 2.24) is 24.6 Å². The van der Waals surface area contributed by atoms with E-state index in [1.807, 2.05) is 10.8 Å². The molecule has 0 bridgehead atoms. The summed E-state index contributed by atoms with van der Waals surface area (Å²) >= 11 is 0. The van der Waals surface area contributed by atoms with Crippen molar-refractivity contribution in [3.63, 3.8) is 0 Å². The average Bonchev–Trinajstić information content (AvgIpc) is 3.31. The third-order valence-corrected chi connectivity index (χ3v) is 8.56. The van der Waals surface area contributed by atoms with Gasteiger partial charge in [-0.15, -0.1) is 0 Å². The normalized spacial score (nSPS) is 21.3. The van der Waals surface area contributed by atoms with Gasteiger partial charge >= 0.3 is 6.01 Å². The van der Waals surface area contributed by atoms with Gasteiger partial charge in [0, 0.05) is 50.6 Å². The molecule has 9 nitrogen and oxygen atoms in total. The molecule has 2 aromatic heterocycles. The lowest BCUT2D eigenvalue weighted by Gasteiger charge is -2.30. The minimum atomic E-state index is -0.392. The van der Waals surface area contributed by atoms with Crippen molar-refractivity contribution in [3.8, 4) is 5.75 Å². The molecule has 6 rings (SSSR count). The zero-order valence-electron chi connectivity index (χ0n) is 22.8. The topological polar surface area (TPSA) is 89.5 Å². The Morgan fingerprint density at radius 1 is 1.21 bits per heavy atom. The van der Waals surface area contributed by atoms with Crippen LogP contribution in [-0.4, -0.2) is 56.7 Å². The number of aromatic nitrogens is 4. The molecule has 3 aliphatic rings. The van der Waals surface area contributed by atoms with Crippen LogP contribution in [0.1, 0.15) is 62.7 Å². The zero-order chi connectivity index (χ0) is 26.9. The number of fused-ring (bicyclic) bond motifs is 1. The summed E-state index contributed by atoms with van der Waals surface area (Å²) in [4.78, 5) is 25.5. The molecule has 2 atom stereocenters. The van der Waals surface area contributed by atoms with Crippen LogP contribution >= 0.6 is 0 Å². The van der Waals surface area contributed by atoms with Crippen LogP contribution in [-0.2, 0) is 24.3 Å². The molecule has 2 aliphatic heterocycles. The summed E-state index contributed by atoms with van der Waals surface area (Å²) in [7, 11) is 0. The van der Waals surface area contributed by atoms with Crippen molar-refractivity contribution < 1.29 is 18.4 Å². The number of hydrogen-bond acceptors (Lipinski definition) is 7. The van der Waals surface area contributed by atoms with Crippen LogP contribution in [0.25, 0.3) is 0 Å². The second kappa shape index (κ2) is 11.0. The SMILES string of the molecule is CC(C)c1noc(N2CCC([C@H]3C[C@H]3CCOc3ccc(CC(=O)N4CCn5ccnc5C4)c(F)c3)CC2)n1. The van der Waals surface area contributed by atoms with Crippen molar-refractivity contribution in [2.24, 2.45) is 17.8 Å². The summed E-state index contributed by atoms with van der Waals surface area (Å²) in [6.45, 7) is 8.44. The summed E-state index contributed by atoms with van der Waals surface area (Å²) in [6.07, 6.45) is 8.23. The highest BCUT2D eigenvalue weighted by Gasteiger charge is 2.43. The molecular formula is C29H37FN6O3. The third kappa shape index (κ3) is 5.79. The minimum Gasteiger partial charge on any atom is -0.493 e. The maximum Gasteiger partial charge on any atom is 0.324 e. The number of benzene rings is 1. The van der Waals surface area contributed by atoms with Crippen LogP contribution in [0.5, 0.6) is 5.75 Å². The predicted molar refractivity (Wildman–Crippen MR) is 143 cm³/mol. The molecule has 39 heavy (non-hydrogen) atoms. The molecule has 0 spiro atoms. The van der Waals surface area contributed by atoms with E-state index in [1.165, 1.54) is 12.5 Å². The molecule has 1 aliphatic carbocycles. The molecule has 10 heteroatoms. The Kier molecular flexibility index (Phi) is 7.27. The van der Waals surface area contributed by atoms with Crippen molar-refractivity contribution in [2.75, 3.05) is 31.1 Å². The Morgan fingerprint density at radius 2 is 2.05 bits per heavy atom. The zero-order valence-corrected chi connectivity index (χ0v) is 22.8. The molecule has 1 saturated carbocycles. The highest BCUT2D eigenvalue weighted by molar-refractivity contribution is 5.79. The minimum absolute atomic E-state index is 0.0424. The Balaban J connectivity index is 0.916. The van der Waals surface area contributed by atoms with E-state index in [-0.39, 0.29) is 18.2 Å². The summed E-state index contributed by atoms with van der Waals surface area (Å²) in [5.74, 6) is 4.11. The van der Waals surface area contributed by atoms with Crippen molar-refractivity contribution in [3.05, 3.63) is 53.6 Å². The van der Waals surface area contributed by atoms with Crippen LogP contribution in [0.4, 0.5) is 10.4 Å². The summed E-state index contributed by atoms with van der Waals surface area (Å²) in [6, 6.07) is 5.51. The van der Waals surface area contributed by atoms with E-state index in [4.69, 9.17) is 9.26 Å². The van der Waals surface area contributed by atoms with E-state index in [0.717, 1.165) is 62.4 Å². The second-order valence-electron chi connectivity index (χ2n) is 11.5. The van der Waals surface area contributed by atoms with Gasteiger partial charge < -0.3 is 23.6 Å². The van der Waals surface area contributed by atoms with Crippen LogP contribution < -0.4 is 9.64 Å². The lowest BCUT2D eigenvalue weighted by Crippen LogP contribution is -2.39. The van der Waals surface area contributed by atoms with Gasteiger partial charge in [-0.2, -0.15) is 4.98 Å². The van der Waals surface area contributed by atoms with Gasteiger partial charge in [0.05, 0.1) is 19.6 Å². The number of anilines is 1. The first-order valence-electron chi connectivity index (χ1n) is 14.2. The quantitative estimate of drug-likeness (QED) is 0.400. The third-order valence-electron chi connectivity index (χ3n) is 8.56. The molecule has 1 aromatic carbocycles. The van der Waals surface area contributed by atoms with Gasteiger partial charge in [-0.1, -0.05) is 25.1 Å². The van der Waals surface area contributed by atoms with Gasteiger partial charge in [0.2, 0.25) is 5.91 Å². The lowest BCUT2D eigenvalue weighted by molar-refractivity contribution is -0.132. The van der Waals surface area contributed by atoms with E-state index < -0.39 is 5.82 Å². The first-order chi connectivity index (χ1) is 18.9. The number of ether oxygens (including phenoxy) is 1. The van der Waals surface area contributed by atoms with Gasteiger partial charge in [0.15, 0.2) is 5.82 Å². The number of rotatable bonds is 9. The van der Waals surface area contributed by atoms with E-state index in [9.17, 15) is 9.18 Å². The van der Waals surface area contributed by atoms with Crippen LogP contribution in [0.15, 0.2) is 35.1 Å². The number of carbonyl (C=O) groups excluding carboxylic acids is 1. The Bertz CT molecular complexity index is 1300. The van der Waals surface area contributed by atoms with Gasteiger partial charge in [-0.05, 0) is 55.1 Å². The standard InChI is InChI=1S/C29H37FN6O3/c1-19(2)28-32-29(39-33-28)35-9-5-20(6-10-35)24-15-21(24)7-14-38-23-4-3-22(25(30)17-23)16-27(37)36-13-12-34-11-8-31-26(34)18-36/h3-4,8,11,17,19-21,24H,5-7,9-10,12-16,18H2,1-2H3/t21-,24-/m1/s1. The van der Waals surface area contributed by atoms with Crippen LogP contribution in [0, 0.1) is 23.6 Å². The molecule has 3 aromatic rings. The molecular weight excluding hydrogens is 499 g/mol. The number of amides is 1. The molecule has 0 radical (unpaired) electrons. The first kappa shape index (κ1) is 25.8. The van der Waals surface area contributed by atoms with Gasteiger partial charge in [0.1, 0.15) is 17.4 Å². The summed E-state index contributed by atoms with van der Waals surface area (Å²) in [5, 5.41) is 4.09. The molecule has 2 fully saturated rings. The van der Waals surface area contributed by atoms with Gasteiger partial charge in [0.25, 0.3) is 0 Å². The van der Waals surface area contributed by atoms with E-state index in [2.05, 4.69) is 33.9 Å². The molecule has 208 valence electrons. The fraction of sp³-hybridized carbons (Fsp3) is 0.586. The highest BCUT2D eigenvalue weighted by atomic mass is 19.1. The van der Waals surface area contributed by atoms with E-state index in [0.29, 0.717) is 42.9 Å². The molecule has 0 N–H and O–H groups in total. The van der Waals surface area contributed by atoms with Crippen molar-refractivity contribution >= 4 is 11.9 Å². The lowest BCUT2D eigenvalue weighted by atomic mass is 9.90. The summed E-state index contributed by atoms with van der Waals surface area (Å²) in [5.41, 5.74) is 0.399. The van der Waals surface area contributed by atoms with Crippen LogP contribution in [0.3, 0.4) is 0 Å². The smallest absolute Gasteiger partial charge is 0.324 e. The Morgan fingerprint density at radius 3 is 2.82 bits per heavy atom. The average molecular weight is 537 g/mol. The molecule has 0 unspecified atom stereocenters. The monoisotopic (exact) mass is 536 g/mol. The van der Waals surface area contributed by atoms with E-state index in [1.54, 1.807) is 23.2 Å². The van der Waals surface area contributed by atoms with Crippen LogP contribution in [0.2, 0.25) is 0 Å². The largest absolute Gasteiger partial charge is 0.493 e. The van der Waals surface area contributed by atoms with Gasteiger partial charge in [-0.25, -0.2) is 9.37 Å². The van der Waals surface area contributed by atoms with E-state index >= 15 is 0 Å². The maximum atomic E-state index is 14.8. The number of imidazole rings is 1. The first-order valence-corrected chi connectivity index (χ1v) is 14.2. The number of piperidine rings is 1. The van der Waals surface area contributed by atoms with Crippen molar-refractivity contribution in [1.29, 1.82) is 0 Å². The fourth-order valence-electron chi connectivity index (χ4n) is 6.04. The molecule has 1 saturated heterocycles. The maximum absolute atomic E-state index is 14.8. The number of carbonyl (C=O) groups is 1. The number of nitrogens with zero attached hydrogens (tertiary/aromatic N) is 6. The summed E-state index contributed by atoms with van der Waals surface area (Å²) < 4.78 is 28.2. The fourth-order valence-corrected chi connectivity index (χ4v) is 6.04. The molecule has 1 amide bonds. The Hall–Kier alpha value is -3.43. The number of halogens is 1. The van der Waals surface area contributed by atoms with Gasteiger partial charge in [-0.3, -0.25) is 4.79 Å². The predicted octanol–water partition coefficient (Wildman–Crippen LogP) is 4.44. The van der Waals surface area contributed by atoms with Crippen molar-refractivity contribution in [2.45, 2.75) is 65.0 Å². The second-order valence-corrected chi connectivity index (χ2v) is 11.5. The molecule has 4 heterocycles. The number of hydrogen-bond donors (Lipinski definition) is 0. The Labute approximate surface area is 228 Å².